The Balaban J connectivity index is 1.76. The molecule has 0 radical (unpaired) electrons. The summed E-state index contributed by atoms with van der Waals surface area (Å²) in [7, 11) is 0. The molecule has 2 aromatic heterocycles. The monoisotopic (exact) mass is 288 g/mol. The van der Waals surface area contributed by atoms with Gasteiger partial charge < -0.3 is 9.73 Å². The normalized spacial score (nSPS) is 10.1. The lowest BCUT2D eigenvalue weighted by molar-refractivity contribution is -0.684. The van der Waals surface area contributed by atoms with E-state index < -0.39 is 6.03 Å². The van der Waals surface area contributed by atoms with Crippen LogP contribution in [0.15, 0.2) is 47.3 Å². The molecule has 0 atom stereocenters. The third-order valence-electron chi connectivity index (χ3n) is 2.95. The number of carbonyl (C=O) groups excluding carboxylic acids is 2. The Labute approximate surface area is 122 Å². The van der Waals surface area contributed by atoms with Gasteiger partial charge in [-0.05, 0) is 24.1 Å². The zero-order chi connectivity index (χ0) is 15.1. The molecule has 0 aliphatic heterocycles. The van der Waals surface area contributed by atoms with Crippen LogP contribution in [0.3, 0.4) is 0 Å². The van der Waals surface area contributed by atoms with Crippen LogP contribution in [0.2, 0.25) is 0 Å². The summed E-state index contributed by atoms with van der Waals surface area (Å²) in [5.41, 5.74) is 1.20. The quantitative estimate of drug-likeness (QED) is 0.811. The van der Waals surface area contributed by atoms with Gasteiger partial charge in [0.25, 0.3) is 5.91 Å². The van der Waals surface area contributed by atoms with Crippen molar-refractivity contribution in [2.45, 2.75) is 26.4 Å². The van der Waals surface area contributed by atoms with Crippen LogP contribution in [-0.4, -0.2) is 11.9 Å². The van der Waals surface area contributed by atoms with E-state index in [2.05, 4.69) is 17.6 Å². The van der Waals surface area contributed by atoms with Crippen molar-refractivity contribution in [1.29, 1.82) is 0 Å². The maximum atomic E-state index is 11.7. The van der Waals surface area contributed by atoms with Gasteiger partial charge in [-0.25, -0.2) is 4.79 Å². The van der Waals surface area contributed by atoms with Crippen molar-refractivity contribution in [2.75, 3.05) is 0 Å². The molecule has 110 valence electrons. The predicted molar refractivity (Wildman–Crippen MR) is 75.1 cm³/mol. The molecule has 0 aromatic carbocycles. The number of furan rings is 1. The topological polar surface area (TPSA) is 75.2 Å². The van der Waals surface area contributed by atoms with Gasteiger partial charge in [0.1, 0.15) is 5.76 Å². The van der Waals surface area contributed by atoms with Gasteiger partial charge in [-0.1, -0.05) is 6.92 Å². The number of aromatic nitrogens is 1. The zero-order valence-corrected chi connectivity index (χ0v) is 11.8. The Hall–Kier alpha value is -2.63. The van der Waals surface area contributed by atoms with Crippen molar-refractivity contribution in [1.82, 2.24) is 10.6 Å². The molecule has 0 aliphatic rings. The minimum atomic E-state index is -0.540. The molecule has 0 saturated carbocycles. The van der Waals surface area contributed by atoms with Gasteiger partial charge in [-0.3, -0.25) is 10.1 Å². The third-order valence-corrected chi connectivity index (χ3v) is 2.95. The first-order valence-electron chi connectivity index (χ1n) is 6.75. The first-order valence-corrected chi connectivity index (χ1v) is 6.75. The largest absolute Gasteiger partial charge is 0.467 e. The first-order chi connectivity index (χ1) is 10.2. The highest BCUT2D eigenvalue weighted by molar-refractivity contribution is 5.93. The van der Waals surface area contributed by atoms with Crippen LogP contribution in [0.25, 0.3) is 0 Å². The van der Waals surface area contributed by atoms with E-state index in [0.717, 1.165) is 6.42 Å². The van der Waals surface area contributed by atoms with Crippen molar-refractivity contribution < 1.29 is 18.6 Å². The van der Waals surface area contributed by atoms with Crippen molar-refractivity contribution in [3.05, 3.63) is 54.2 Å². The highest BCUT2D eigenvalue weighted by Crippen LogP contribution is 1.98. The van der Waals surface area contributed by atoms with Crippen LogP contribution >= 0.6 is 0 Å². The molecule has 0 saturated heterocycles. The summed E-state index contributed by atoms with van der Waals surface area (Å²) >= 11 is 0. The molecule has 0 unspecified atom stereocenters. The number of amides is 3. The van der Waals surface area contributed by atoms with E-state index in [0.29, 0.717) is 5.76 Å². The Bertz CT molecular complexity index is 591. The summed E-state index contributed by atoms with van der Waals surface area (Å²) in [4.78, 5) is 23.3. The highest BCUT2D eigenvalue weighted by atomic mass is 16.3. The molecule has 0 bridgehead atoms. The van der Waals surface area contributed by atoms with Gasteiger partial charge in [0.2, 0.25) is 6.54 Å². The number of carbonyl (C=O) groups is 2. The number of hydrogen-bond donors (Lipinski definition) is 2. The van der Waals surface area contributed by atoms with E-state index in [1.807, 2.05) is 24.5 Å². The third kappa shape index (κ3) is 4.76. The van der Waals surface area contributed by atoms with Crippen LogP contribution in [-0.2, 0) is 24.3 Å². The summed E-state index contributed by atoms with van der Waals surface area (Å²) in [5, 5.41) is 4.81. The number of urea groups is 1. The molecule has 0 spiro atoms. The second kappa shape index (κ2) is 7.23. The van der Waals surface area contributed by atoms with Crippen LogP contribution in [0.1, 0.15) is 18.2 Å². The predicted octanol–water partition coefficient (Wildman–Crippen LogP) is 1.16. The van der Waals surface area contributed by atoms with Gasteiger partial charge in [0.05, 0.1) is 12.8 Å². The Morgan fingerprint density at radius 2 is 2.00 bits per heavy atom. The van der Waals surface area contributed by atoms with E-state index >= 15 is 0 Å². The average Bonchev–Trinajstić information content (AvgIpc) is 2.99. The summed E-state index contributed by atoms with van der Waals surface area (Å²) in [6.07, 6.45) is 6.11. The fourth-order valence-corrected chi connectivity index (χ4v) is 1.79. The average molecular weight is 288 g/mol. The van der Waals surface area contributed by atoms with E-state index in [1.165, 1.54) is 11.8 Å². The zero-order valence-electron chi connectivity index (χ0n) is 11.8. The molecule has 2 N–H and O–H groups in total. The van der Waals surface area contributed by atoms with Crippen LogP contribution < -0.4 is 15.2 Å². The number of nitrogens with one attached hydrogen (secondary N) is 2. The van der Waals surface area contributed by atoms with Crippen molar-refractivity contribution in [3.8, 4) is 0 Å². The van der Waals surface area contributed by atoms with E-state index in [-0.39, 0.29) is 19.0 Å². The number of rotatable bonds is 5. The number of pyridine rings is 1. The van der Waals surface area contributed by atoms with Crippen LogP contribution in [0, 0.1) is 0 Å². The molecule has 0 fully saturated rings. The van der Waals surface area contributed by atoms with E-state index in [9.17, 15) is 9.59 Å². The molecule has 21 heavy (non-hydrogen) atoms. The van der Waals surface area contributed by atoms with Crippen LogP contribution in [0.4, 0.5) is 4.79 Å². The molecule has 2 heterocycles. The fraction of sp³-hybridized carbons (Fsp3) is 0.267. The Kier molecular flexibility index (Phi) is 5.09. The number of hydrogen-bond acceptors (Lipinski definition) is 3. The summed E-state index contributed by atoms with van der Waals surface area (Å²) in [5.74, 6) is 0.253. The number of imide groups is 1. The van der Waals surface area contributed by atoms with Crippen molar-refractivity contribution in [3.63, 3.8) is 0 Å². The minimum Gasteiger partial charge on any atom is -0.467 e. The Morgan fingerprint density at radius 3 is 2.62 bits per heavy atom. The summed E-state index contributed by atoms with van der Waals surface area (Å²) in [6, 6.07) is 6.83. The maximum absolute atomic E-state index is 11.7. The van der Waals surface area contributed by atoms with Gasteiger partial charge in [0, 0.05) is 12.1 Å². The molecule has 0 aliphatic carbocycles. The van der Waals surface area contributed by atoms with Crippen molar-refractivity contribution >= 4 is 11.9 Å². The molecular weight excluding hydrogens is 270 g/mol. The van der Waals surface area contributed by atoms with Gasteiger partial charge in [0.15, 0.2) is 12.4 Å². The lowest BCUT2D eigenvalue weighted by Gasteiger charge is -2.04. The molecular formula is C15H18N3O3+. The second-order valence-corrected chi connectivity index (χ2v) is 4.54. The highest BCUT2D eigenvalue weighted by Gasteiger charge is 2.12. The Morgan fingerprint density at radius 1 is 1.24 bits per heavy atom. The standard InChI is InChI=1S/C15H17N3O3/c1-2-12-5-7-18(8-6-12)11-14(19)17-15(20)16-10-13-4-3-9-21-13/h3-9H,2,10-11H2,1H3,(H-,16,17,19,20)/p+1. The lowest BCUT2D eigenvalue weighted by Crippen LogP contribution is -2.47. The summed E-state index contributed by atoms with van der Waals surface area (Å²) in [6.45, 7) is 2.40. The molecule has 2 rings (SSSR count). The number of nitrogens with zero attached hydrogens (tertiary/aromatic N) is 1. The smallest absolute Gasteiger partial charge is 0.322 e. The SMILES string of the molecule is CCc1cc[n+](CC(=O)NC(=O)NCc2ccco2)cc1. The van der Waals surface area contributed by atoms with Gasteiger partial charge in [-0.15, -0.1) is 0 Å². The molecule has 6 heteroatoms. The molecule has 3 amide bonds. The minimum absolute atomic E-state index is 0.0954. The van der Waals surface area contributed by atoms with Gasteiger partial charge >= 0.3 is 6.03 Å². The molecule has 6 nitrogen and oxygen atoms in total. The summed E-state index contributed by atoms with van der Waals surface area (Å²) < 4.78 is 6.79. The van der Waals surface area contributed by atoms with Crippen LogP contribution in [0.5, 0.6) is 0 Å². The lowest BCUT2D eigenvalue weighted by atomic mass is 10.2. The van der Waals surface area contributed by atoms with E-state index in [1.54, 1.807) is 16.7 Å². The first kappa shape index (κ1) is 14.8. The van der Waals surface area contributed by atoms with Gasteiger partial charge in [-0.2, -0.15) is 4.57 Å². The second-order valence-electron chi connectivity index (χ2n) is 4.54. The fourth-order valence-electron chi connectivity index (χ4n) is 1.79. The maximum Gasteiger partial charge on any atom is 0.322 e. The van der Waals surface area contributed by atoms with E-state index in [4.69, 9.17) is 4.42 Å². The molecule has 2 aromatic rings. The van der Waals surface area contributed by atoms with Crippen molar-refractivity contribution in [2.24, 2.45) is 0 Å². The number of aryl methyl sites for hydroxylation is 1.